The summed E-state index contributed by atoms with van der Waals surface area (Å²) in [6.45, 7) is 12.4. The van der Waals surface area contributed by atoms with Crippen molar-refractivity contribution in [2.24, 2.45) is 0 Å². The zero-order valence-electron chi connectivity index (χ0n) is 18.9. The normalized spacial score (nSPS) is 15.5. The number of hydrogen-bond donors (Lipinski definition) is 0. The molecule has 1 spiro atoms. The van der Waals surface area contributed by atoms with Gasteiger partial charge in [0.05, 0.1) is 13.5 Å². The summed E-state index contributed by atoms with van der Waals surface area (Å²) in [5.41, 5.74) is 9.85. The molecular weight excluding hydrogens is 408 g/mol. The van der Waals surface area contributed by atoms with Gasteiger partial charge in [-0.25, -0.2) is 0 Å². The van der Waals surface area contributed by atoms with Crippen LogP contribution in [0.3, 0.4) is 0 Å². The molecule has 0 saturated heterocycles. The SMILES string of the molecule is CC(C)(C)[Si](C)(C)c1cc2c(s1)C1(c3ccccc3-c3ccccc31)c1ccccc1-2. The number of fused-ring (bicyclic) bond motifs is 10. The van der Waals surface area contributed by atoms with Gasteiger partial charge in [-0.3, -0.25) is 0 Å². The summed E-state index contributed by atoms with van der Waals surface area (Å²) in [4.78, 5) is 1.53. The summed E-state index contributed by atoms with van der Waals surface area (Å²) in [6, 6.07) is 29.9. The largest absolute Gasteiger partial charge is 0.148 e. The van der Waals surface area contributed by atoms with Gasteiger partial charge in [-0.1, -0.05) is 107 Å². The van der Waals surface area contributed by atoms with E-state index in [-0.39, 0.29) is 5.41 Å². The minimum atomic E-state index is -1.63. The van der Waals surface area contributed by atoms with Gasteiger partial charge in [0.15, 0.2) is 0 Å². The number of benzene rings is 3. The molecule has 31 heavy (non-hydrogen) atoms. The van der Waals surface area contributed by atoms with Crippen molar-refractivity contribution in [2.45, 2.75) is 44.3 Å². The Kier molecular flexibility index (Phi) is 3.78. The summed E-state index contributed by atoms with van der Waals surface area (Å²) in [5.74, 6) is 0. The van der Waals surface area contributed by atoms with Gasteiger partial charge in [-0.15, -0.1) is 11.3 Å². The minimum absolute atomic E-state index is 0.176. The van der Waals surface area contributed by atoms with Crippen LogP contribution in [-0.2, 0) is 5.41 Å². The predicted molar refractivity (Wildman–Crippen MR) is 137 cm³/mol. The molecular formula is C29H28SSi. The van der Waals surface area contributed by atoms with E-state index >= 15 is 0 Å². The first-order valence-electron chi connectivity index (χ1n) is 11.2. The van der Waals surface area contributed by atoms with Gasteiger partial charge in [0.2, 0.25) is 0 Å². The van der Waals surface area contributed by atoms with Crippen LogP contribution in [-0.4, -0.2) is 8.07 Å². The quantitative estimate of drug-likeness (QED) is 0.231. The number of hydrogen-bond acceptors (Lipinski definition) is 1. The maximum Gasteiger partial charge on any atom is 0.0987 e. The van der Waals surface area contributed by atoms with Crippen molar-refractivity contribution >= 4 is 23.9 Å². The molecule has 1 aromatic heterocycles. The van der Waals surface area contributed by atoms with Crippen LogP contribution < -0.4 is 4.50 Å². The van der Waals surface area contributed by atoms with Crippen molar-refractivity contribution in [3.8, 4) is 22.3 Å². The third kappa shape index (κ3) is 2.25. The van der Waals surface area contributed by atoms with E-state index in [9.17, 15) is 0 Å². The Morgan fingerprint density at radius 3 is 1.52 bits per heavy atom. The average Bonchev–Trinajstić information content (AvgIpc) is 3.39. The highest BCUT2D eigenvalue weighted by molar-refractivity contribution is 7.27. The molecule has 0 nitrogen and oxygen atoms in total. The molecule has 0 amide bonds. The van der Waals surface area contributed by atoms with E-state index in [0.717, 1.165) is 0 Å². The van der Waals surface area contributed by atoms with Crippen LogP contribution in [0.5, 0.6) is 0 Å². The van der Waals surface area contributed by atoms with Crippen LogP contribution in [0.25, 0.3) is 22.3 Å². The summed E-state index contributed by atoms with van der Waals surface area (Å²) < 4.78 is 1.63. The van der Waals surface area contributed by atoms with Gasteiger partial charge in [0.25, 0.3) is 0 Å². The van der Waals surface area contributed by atoms with E-state index in [1.807, 2.05) is 0 Å². The Morgan fingerprint density at radius 1 is 0.645 bits per heavy atom. The molecule has 2 heteroatoms. The summed E-state index contributed by atoms with van der Waals surface area (Å²) in [5, 5.41) is 0.323. The Balaban J connectivity index is 1.75. The second kappa shape index (κ2) is 6.09. The van der Waals surface area contributed by atoms with Crippen molar-refractivity contribution in [1.82, 2.24) is 0 Å². The van der Waals surface area contributed by atoms with Gasteiger partial charge >= 0.3 is 0 Å². The van der Waals surface area contributed by atoms with Crippen LogP contribution in [0, 0.1) is 0 Å². The molecule has 0 fully saturated rings. The number of thiophene rings is 1. The lowest BCUT2D eigenvalue weighted by atomic mass is 9.74. The van der Waals surface area contributed by atoms with Crippen molar-refractivity contribution in [2.75, 3.05) is 0 Å². The first-order chi connectivity index (χ1) is 14.8. The summed E-state index contributed by atoms with van der Waals surface area (Å²) in [7, 11) is -1.63. The fourth-order valence-corrected chi connectivity index (χ4v) is 10.1. The molecule has 0 saturated carbocycles. The molecule has 0 unspecified atom stereocenters. The van der Waals surface area contributed by atoms with E-state index in [1.54, 1.807) is 4.50 Å². The van der Waals surface area contributed by atoms with Crippen LogP contribution in [0.1, 0.15) is 42.3 Å². The van der Waals surface area contributed by atoms with E-state index in [0.29, 0.717) is 5.04 Å². The molecule has 2 aliphatic rings. The third-order valence-corrected chi connectivity index (χ3v) is 16.2. The fraction of sp³-hybridized carbons (Fsp3) is 0.241. The van der Waals surface area contributed by atoms with Crippen molar-refractivity contribution in [1.29, 1.82) is 0 Å². The monoisotopic (exact) mass is 436 g/mol. The molecule has 0 radical (unpaired) electrons. The van der Waals surface area contributed by atoms with E-state index in [1.165, 1.54) is 43.8 Å². The highest BCUT2D eigenvalue weighted by atomic mass is 32.1. The summed E-state index contributed by atoms with van der Waals surface area (Å²) in [6.07, 6.45) is 0. The van der Waals surface area contributed by atoms with Crippen LogP contribution in [0.4, 0.5) is 0 Å². The fourth-order valence-electron chi connectivity index (χ4n) is 5.48. The van der Waals surface area contributed by atoms with Gasteiger partial charge in [0.1, 0.15) is 0 Å². The molecule has 154 valence electrons. The van der Waals surface area contributed by atoms with Crippen LogP contribution in [0.2, 0.25) is 18.1 Å². The standard InChI is InChI=1S/C29H28SSi/c1-28(2,3)31(4,5)26-18-22-21-14-8-11-17-25(21)29(27(22)30-26)23-15-9-6-12-19(23)20-13-7-10-16-24(20)29/h6-18H,1-5H3. The maximum absolute atomic E-state index is 2.56. The molecule has 1 heterocycles. The zero-order chi connectivity index (χ0) is 21.6. The van der Waals surface area contributed by atoms with E-state index in [4.69, 9.17) is 0 Å². The molecule has 6 rings (SSSR count). The molecule has 3 aromatic carbocycles. The van der Waals surface area contributed by atoms with Crippen molar-refractivity contribution in [3.63, 3.8) is 0 Å². The van der Waals surface area contributed by atoms with Crippen molar-refractivity contribution < 1.29 is 0 Å². The topological polar surface area (TPSA) is 0 Å². The van der Waals surface area contributed by atoms with E-state index in [2.05, 4.69) is 124 Å². The molecule has 4 aromatic rings. The van der Waals surface area contributed by atoms with Crippen molar-refractivity contribution in [3.05, 3.63) is 100 Å². The maximum atomic E-state index is 2.56. The zero-order valence-corrected chi connectivity index (χ0v) is 20.7. The third-order valence-electron chi connectivity index (χ3n) is 8.14. The van der Waals surface area contributed by atoms with E-state index < -0.39 is 8.07 Å². The lowest BCUT2D eigenvalue weighted by Crippen LogP contribution is -2.48. The van der Waals surface area contributed by atoms with Gasteiger partial charge in [0, 0.05) is 4.88 Å². The average molecular weight is 437 g/mol. The second-order valence-electron chi connectivity index (χ2n) is 10.6. The van der Waals surface area contributed by atoms with Crippen LogP contribution >= 0.6 is 11.3 Å². The van der Waals surface area contributed by atoms with Crippen LogP contribution in [0.15, 0.2) is 78.9 Å². The van der Waals surface area contributed by atoms with Gasteiger partial charge < -0.3 is 0 Å². The Labute approximate surface area is 190 Å². The Morgan fingerprint density at radius 2 is 1.06 bits per heavy atom. The highest BCUT2D eigenvalue weighted by Gasteiger charge is 2.53. The molecule has 2 aliphatic carbocycles. The molecule has 0 aliphatic heterocycles. The highest BCUT2D eigenvalue weighted by Crippen LogP contribution is 2.64. The predicted octanol–water partition coefficient (Wildman–Crippen LogP) is 7.81. The Bertz CT molecular complexity index is 1300. The molecule has 0 N–H and O–H groups in total. The number of rotatable bonds is 1. The first kappa shape index (κ1) is 19.3. The molecule has 0 atom stereocenters. The minimum Gasteiger partial charge on any atom is -0.148 e. The Hall–Kier alpha value is -2.42. The first-order valence-corrected chi connectivity index (χ1v) is 15.0. The lowest BCUT2D eigenvalue weighted by molar-refractivity contribution is 0.730. The van der Waals surface area contributed by atoms with Gasteiger partial charge in [-0.05, 0) is 54.5 Å². The molecule has 0 bridgehead atoms. The van der Waals surface area contributed by atoms with Gasteiger partial charge in [-0.2, -0.15) is 0 Å². The smallest absolute Gasteiger partial charge is 0.0987 e. The lowest BCUT2D eigenvalue weighted by Gasteiger charge is -2.36. The second-order valence-corrected chi connectivity index (χ2v) is 17.3. The summed E-state index contributed by atoms with van der Waals surface area (Å²) >= 11 is 2.10.